The van der Waals surface area contributed by atoms with Gasteiger partial charge in [0.2, 0.25) is 0 Å². The highest BCUT2D eigenvalue weighted by Gasteiger charge is 2.36. The van der Waals surface area contributed by atoms with Crippen LogP contribution in [0.25, 0.3) is 0 Å². The van der Waals surface area contributed by atoms with Crippen LogP contribution in [0.2, 0.25) is 5.02 Å². The quantitative estimate of drug-likeness (QED) is 0.683. The Morgan fingerprint density at radius 3 is 2.62 bits per heavy atom. The smallest absolute Gasteiger partial charge is 0.293 e. The molecule has 0 spiro atoms. The van der Waals surface area contributed by atoms with Crippen molar-refractivity contribution in [1.29, 1.82) is 0 Å². The van der Waals surface area contributed by atoms with Crippen molar-refractivity contribution in [3.8, 4) is 0 Å². The first-order valence-corrected chi connectivity index (χ1v) is 7.85. The summed E-state index contributed by atoms with van der Waals surface area (Å²) in [5.41, 5.74) is 0.531. The lowest BCUT2D eigenvalue weighted by Gasteiger charge is -2.47. The Bertz CT molecular complexity index is 538. The first-order valence-electron chi connectivity index (χ1n) is 7.47. The van der Waals surface area contributed by atoms with Gasteiger partial charge in [-0.05, 0) is 38.8 Å². The maximum atomic E-state index is 11.2. The number of halogens is 1. The molecule has 0 radical (unpaired) electrons. The Labute approximate surface area is 129 Å². The van der Waals surface area contributed by atoms with Crippen LogP contribution >= 0.6 is 11.6 Å². The van der Waals surface area contributed by atoms with E-state index in [1.807, 2.05) is 0 Å². The number of benzene rings is 1. The van der Waals surface area contributed by atoms with E-state index in [9.17, 15) is 10.1 Å². The molecule has 2 heterocycles. The number of nitrogens with one attached hydrogen (secondary N) is 1. The van der Waals surface area contributed by atoms with E-state index in [1.54, 1.807) is 12.1 Å². The minimum absolute atomic E-state index is 0.0617. The summed E-state index contributed by atoms with van der Waals surface area (Å²) in [6.07, 6.45) is 5.77. The monoisotopic (exact) mass is 309 g/mol. The molecule has 2 aliphatic rings. The molecule has 0 saturated carbocycles. The molecule has 3 atom stereocenters. The molecule has 2 unspecified atom stereocenters. The number of nitro benzene ring substituents is 1. The van der Waals surface area contributed by atoms with Crippen LogP contribution < -0.4 is 5.32 Å². The summed E-state index contributed by atoms with van der Waals surface area (Å²) in [6.45, 7) is 0. The highest BCUT2D eigenvalue weighted by molar-refractivity contribution is 6.33. The van der Waals surface area contributed by atoms with E-state index in [0.717, 1.165) is 12.8 Å². The van der Waals surface area contributed by atoms with Crippen LogP contribution in [0.1, 0.15) is 32.1 Å². The van der Waals surface area contributed by atoms with Gasteiger partial charge in [-0.1, -0.05) is 24.1 Å². The third-order valence-corrected chi connectivity index (χ3v) is 5.19. The van der Waals surface area contributed by atoms with Crippen molar-refractivity contribution >= 4 is 23.0 Å². The molecule has 2 fully saturated rings. The van der Waals surface area contributed by atoms with Gasteiger partial charge in [-0.3, -0.25) is 10.1 Å². The van der Waals surface area contributed by atoms with Crippen LogP contribution in [0, 0.1) is 10.1 Å². The molecular formula is C15H20ClN3O2. The Morgan fingerprint density at radius 1 is 1.33 bits per heavy atom. The molecule has 114 valence electrons. The predicted molar refractivity (Wildman–Crippen MR) is 83.9 cm³/mol. The Kier molecular flexibility index (Phi) is 4.04. The third-order valence-electron chi connectivity index (χ3n) is 4.88. The molecular weight excluding hydrogens is 290 g/mol. The van der Waals surface area contributed by atoms with Crippen molar-refractivity contribution in [2.75, 3.05) is 12.4 Å². The summed E-state index contributed by atoms with van der Waals surface area (Å²) in [5, 5.41) is 14.9. The molecule has 5 nitrogen and oxygen atoms in total. The summed E-state index contributed by atoms with van der Waals surface area (Å²) in [7, 11) is 2.20. The molecule has 2 saturated heterocycles. The van der Waals surface area contributed by atoms with Crippen LogP contribution in [0.15, 0.2) is 18.2 Å². The number of hydrogen-bond acceptors (Lipinski definition) is 4. The summed E-state index contributed by atoms with van der Waals surface area (Å²) in [5.74, 6) is 0. The number of hydrogen-bond donors (Lipinski definition) is 1. The zero-order valence-electron chi connectivity index (χ0n) is 12.1. The van der Waals surface area contributed by atoms with Crippen LogP contribution in [0.3, 0.4) is 0 Å². The lowest BCUT2D eigenvalue weighted by atomic mass is 9.82. The van der Waals surface area contributed by atoms with E-state index in [4.69, 9.17) is 11.6 Å². The molecule has 3 rings (SSSR count). The van der Waals surface area contributed by atoms with E-state index >= 15 is 0 Å². The first kappa shape index (κ1) is 14.6. The van der Waals surface area contributed by atoms with Crippen molar-refractivity contribution in [3.05, 3.63) is 33.3 Å². The zero-order valence-corrected chi connectivity index (χ0v) is 12.8. The molecule has 1 aromatic carbocycles. The molecule has 0 aromatic heterocycles. The first-order chi connectivity index (χ1) is 10.1. The number of fused-ring (bicyclic) bond motifs is 2. The predicted octanol–water partition coefficient (Wildman–Crippen LogP) is 3.68. The van der Waals surface area contributed by atoms with Crippen molar-refractivity contribution in [1.82, 2.24) is 4.90 Å². The molecule has 1 N–H and O–H groups in total. The number of nitro groups is 1. The van der Waals surface area contributed by atoms with Gasteiger partial charge in [0.15, 0.2) is 0 Å². The normalized spacial score (nSPS) is 29.1. The second-order valence-corrected chi connectivity index (χ2v) is 6.51. The van der Waals surface area contributed by atoms with E-state index in [0.29, 0.717) is 22.8 Å². The van der Waals surface area contributed by atoms with Gasteiger partial charge in [-0.15, -0.1) is 0 Å². The van der Waals surface area contributed by atoms with Gasteiger partial charge >= 0.3 is 0 Å². The second kappa shape index (κ2) is 5.81. The Morgan fingerprint density at radius 2 is 2.00 bits per heavy atom. The SMILES string of the molecule is CN1C2CCC[C@@H]1CC(Nc1c(Cl)cccc1[N+](=O)[O-])C2. The van der Waals surface area contributed by atoms with Crippen molar-refractivity contribution < 1.29 is 4.92 Å². The van der Waals surface area contributed by atoms with Gasteiger partial charge in [-0.2, -0.15) is 0 Å². The Hall–Kier alpha value is -1.33. The number of rotatable bonds is 3. The van der Waals surface area contributed by atoms with Crippen LogP contribution in [0.4, 0.5) is 11.4 Å². The van der Waals surface area contributed by atoms with Gasteiger partial charge in [0.25, 0.3) is 5.69 Å². The minimum Gasteiger partial charge on any atom is -0.375 e. The van der Waals surface area contributed by atoms with E-state index in [2.05, 4.69) is 17.3 Å². The zero-order chi connectivity index (χ0) is 15.0. The van der Waals surface area contributed by atoms with Gasteiger partial charge in [-0.25, -0.2) is 0 Å². The number of anilines is 1. The summed E-state index contributed by atoms with van der Waals surface area (Å²) in [6, 6.07) is 6.24. The standard InChI is InChI=1S/C15H20ClN3O2/c1-18-11-4-2-5-12(18)9-10(8-11)17-15-13(16)6-3-7-14(15)19(20)21/h3,6-7,10-12,17H,2,4-5,8-9H2,1H3/t10?,11-,12?/m1/s1. The number of nitrogens with zero attached hydrogens (tertiary/aromatic N) is 2. The number of piperidine rings is 2. The fraction of sp³-hybridized carbons (Fsp3) is 0.600. The highest BCUT2D eigenvalue weighted by atomic mass is 35.5. The summed E-state index contributed by atoms with van der Waals surface area (Å²) in [4.78, 5) is 13.3. The maximum absolute atomic E-state index is 11.2. The molecule has 1 aromatic rings. The molecule has 2 aliphatic heterocycles. The van der Waals surface area contributed by atoms with Gasteiger partial charge in [0.05, 0.1) is 9.95 Å². The molecule has 2 bridgehead atoms. The van der Waals surface area contributed by atoms with Crippen LogP contribution in [-0.2, 0) is 0 Å². The lowest BCUT2D eigenvalue weighted by Crippen LogP contribution is -2.52. The molecule has 0 aliphatic carbocycles. The van der Waals surface area contributed by atoms with Crippen LogP contribution in [0.5, 0.6) is 0 Å². The van der Waals surface area contributed by atoms with E-state index in [-0.39, 0.29) is 16.7 Å². The van der Waals surface area contributed by atoms with E-state index in [1.165, 1.54) is 25.3 Å². The van der Waals surface area contributed by atoms with Gasteiger partial charge < -0.3 is 10.2 Å². The van der Waals surface area contributed by atoms with Crippen LogP contribution in [-0.4, -0.2) is 35.0 Å². The summed E-state index contributed by atoms with van der Waals surface area (Å²) >= 11 is 6.16. The summed E-state index contributed by atoms with van der Waals surface area (Å²) < 4.78 is 0. The van der Waals surface area contributed by atoms with Gasteiger partial charge in [0.1, 0.15) is 5.69 Å². The fourth-order valence-corrected chi connectivity index (χ4v) is 3.97. The van der Waals surface area contributed by atoms with Crippen molar-refractivity contribution in [2.24, 2.45) is 0 Å². The van der Waals surface area contributed by atoms with E-state index < -0.39 is 0 Å². The van der Waals surface area contributed by atoms with Gasteiger partial charge in [0, 0.05) is 24.2 Å². The largest absolute Gasteiger partial charge is 0.375 e. The average molecular weight is 310 g/mol. The van der Waals surface area contributed by atoms with Crippen molar-refractivity contribution in [3.63, 3.8) is 0 Å². The molecule has 6 heteroatoms. The topological polar surface area (TPSA) is 58.4 Å². The Balaban J connectivity index is 1.80. The molecule has 0 amide bonds. The third kappa shape index (κ3) is 2.85. The maximum Gasteiger partial charge on any atom is 0.293 e. The average Bonchev–Trinajstić information content (AvgIpc) is 2.41. The second-order valence-electron chi connectivity index (χ2n) is 6.11. The minimum atomic E-state index is -0.371. The molecule has 21 heavy (non-hydrogen) atoms. The number of para-hydroxylation sites is 1. The fourth-order valence-electron chi connectivity index (χ4n) is 3.75. The highest BCUT2D eigenvalue weighted by Crippen LogP contribution is 2.37. The van der Waals surface area contributed by atoms with Crippen molar-refractivity contribution in [2.45, 2.75) is 50.2 Å². The lowest BCUT2D eigenvalue weighted by molar-refractivity contribution is -0.384.